The fraction of sp³-hybridized carbons (Fsp3) is 0.250. The summed E-state index contributed by atoms with van der Waals surface area (Å²) in [6.07, 6.45) is 1.69. The van der Waals surface area contributed by atoms with E-state index in [4.69, 9.17) is 18.0 Å². The Bertz CT molecular complexity index is 311. The standard InChI is InChI=1S/C8H12N4S/c1-12(2)11-8-6(7(9)13)4-3-5-10-8/h3-5H,1-2H3,(H2,9,13)(H,10,11). The molecule has 0 aliphatic rings. The van der Waals surface area contributed by atoms with Gasteiger partial charge >= 0.3 is 0 Å². The molecule has 1 heterocycles. The van der Waals surface area contributed by atoms with Gasteiger partial charge in [0.05, 0.1) is 5.56 Å². The molecule has 0 amide bonds. The molecule has 0 saturated carbocycles. The van der Waals surface area contributed by atoms with Crippen molar-refractivity contribution >= 4 is 23.0 Å². The van der Waals surface area contributed by atoms with Crippen LogP contribution in [-0.4, -0.2) is 29.1 Å². The smallest absolute Gasteiger partial charge is 0.150 e. The van der Waals surface area contributed by atoms with E-state index in [0.29, 0.717) is 10.8 Å². The van der Waals surface area contributed by atoms with Crippen LogP contribution in [0.3, 0.4) is 0 Å². The molecule has 0 aromatic carbocycles. The van der Waals surface area contributed by atoms with Crippen molar-refractivity contribution in [2.24, 2.45) is 5.73 Å². The molecular weight excluding hydrogens is 184 g/mol. The van der Waals surface area contributed by atoms with Crippen LogP contribution in [0.2, 0.25) is 0 Å². The first-order chi connectivity index (χ1) is 6.11. The van der Waals surface area contributed by atoms with Crippen LogP contribution in [0.15, 0.2) is 18.3 Å². The third-order valence-electron chi connectivity index (χ3n) is 1.40. The molecule has 1 aromatic rings. The lowest BCUT2D eigenvalue weighted by Gasteiger charge is -2.14. The van der Waals surface area contributed by atoms with Gasteiger partial charge in [-0.1, -0.05) is 12.2 Å². The number of nitrogens with one attached hydrogen (secondary N) is 1. The van der Waals surface area contributed by atoms with Crippen LogP contribution in [0, 0.1) is 0 Å². The van der Waals surface area contributed by atoms with Gasteiger partial charge in [0.2, 0.25) is 0 Å². The summed E-state index contributed by atoms with van der Waals surface area (Å²) >= 11 is 4.88. The monoisotopic (exact) mass is 196 g/mol. The number of hydrogen-bond donors (Lipinski definition) is 2. The van der Waals surface area contributed by atoms with Gasteiger partial charge in [-0.2, -0.15) is 0 Å². The van der Waals surface area contributed by atoms with Crippen molar-refractivity contribution in [1.82, 2.24) is 9.99 Å². The van der Waals surface area contributed by atoms with Crippen LogP contribution in [0.5, 0.6) is 0 Å². The number of pyridine rings is 1. The third kappa shape index (κ3) is 2.64. The Morgan fingerprint density at radius 1 is 1.62 bits per heavy atom. The molecule has 5 heteroatoms. The minimum Gasteiger partial charge on any atom is -0.389 e. The number of hydrazine groups is 1. The van der Waals surface area contributed by atoms with Gasteiger partial charge in [-0.25, -0.2) is 9.99 Å². The van der Waals surface area contributed by atoms with Crippen LogP contribution in [0.4, 0.5) is 5.82 Å². The topological polar surface area (TPSA) is 54.2 Å². The number of nitrogens with two attached hydrogens (primary N) is 1. The van der Waals surface area contributed by atoms with Crippen molar-refractivity contribution in [3.63, 3.8) is 0 Å². The average Bonchev–Trinajstić information content (AvgIpc) is 2.03. The summed E-state index contributed by atoms with van der Waals surface area (Å²) in [4.78, 5) is 4.46. The molecular formula is C8H12N4S. The highest BCUT2D eigenvalue weighted by Crippen LogP contribution is 2.10. The van der Waals surface area contributed by atoms with E-state index < -0.39 is 0 Å². The number of nitrogens with zero attached hydrogens (tertiary/aromatic N) is 2. The summed E-state index contributed by atoms with van der Waals surface area (Å²) in [6.45, 7) is 0. The average molecular weight is 196 g/mol. The van der Waals surface area contributed by atoms with Crippen LogP contribution < -0.4 is 11.2 Å². The maximum absolute atomic E-state index is 5.52. The zero-order valence-corrected chi connectivity index (χ0v) is 8.43. The lowest BCUT2D eigenvalue weighted by atomic mass is 10.2. The zero-order chi connectivity index (χ0) is 9.84. The molecule has 1 aromatic heterocycles. The highest BCUT2D eigenvalue weighted by atomic mass is 32.1. The van der Waals surface area contributed by atoms with Crippen LogP contribution in [-0.2, 0) is 0 Å². The zero-order valence-electron chi connectivity index (χ0n) is 7.61. The van der Waals surface area contributed by atoms with Crippen LogP contribution in [0.25, 0.3) is 0 Å². The Hall–Kier alpha value is -1.20. The third-order valence-corrected chi connectivity index (χ3v) is 1.62. The molecule has 3 N–H and O–H groups in total. The summed E-state index contributed by atoms with van der Waals surface area (Å²) in [5.41, 5.74) is 9.29. The van der Waals surface area contributed by atoms with Gasteiger partial charge in [0, 0.05) is 20.3 Å². The molecule has 70 valence electrons. The summed E-state index contributed by atoms with van der Waals surface area (Å²) in [7, 11) is 3.75. The Morgan fingerprint density at radius 3 is 2.85 bits per heavy atom. The number of thiocarbonyl (C=S) groups is 1. The van der Waals surface area contributed by atoms with Crippen molar-refractivity contribution in [1.29, 1.82) is 0 Å². The molecule has 0 atom stereocenters. The van der Waals surface area contributed by atoms with Crippen LogP contribution >= 0.6 is 12.2 Å². The maximum atomic E-state index is 5.52. The fourth-order valence-corrected chi connectivity index (χ4v) is 1.07. The molecule has 4 nitrogen and oxygen atoms in total. The second-order valence-corrected chi connectivity index (χ2v) is 3.21. The molecule has 0 radical (unpaired) electrons. The summed E-state index contributed by atoms with van der Waals surface area (Å²) in [6, 6.07) is 3.64. The molecule has 0 bridgehead atoms. The summed E-state index contributed by atoms with van der Waals surface area (Å²) in [5, 5.41) is 1.78. The van der Waals surface area contributed by atoms with Crippen molar-refractivity contribution in [2.45, 2.75) is 0 Å². The van der Waals surface area contributed by atoms with Gasteiger partial charge in [0.15, 0.2) is 5.82 Å². The van der Waals surface area contributed by atoms with E-state index in [1.165, 1.54) is 0 Å². The number of hydrogen-bond acceptors (Lipinski definition) is 4. The van der Waals surface area contributed by atoms with E-state index >= 15 is 0 Å². The number of anilines is 1. The molecule has 0 spiro atoms. The van der Waals surface area contributed by atoms with E-state index in [1.807, 2.05) is 20.2 Å². The number of aromatic nitrogens is 1. The molecule has 1 rings (SSSR count). The first-order valence-electron chi connectivity index (χ1n) is 3.80. The minimum absolute atomic E-state index is 0.345. The first-order valence-corrected chi connectivity index (χ1v) is 4.21. The van der Waals surface area contributed by atoms with E-state index in [2.05, 4.69) is 10.4 Å². The maximum Gasteiger partial charge on any atom is 0.150 e. The van der Waals surface area contributed by atoms with Crippen molar-refractivity contribution in [3.05, 3.63) is 23.9 Å². The van der Waals surface area contributed by atoms with Crippen LogP contribution in [0.1, 0.15) is 5.56 Å². The second-order valence-electron chi connectivity index (χ2n) is 2.77. The molecule has 13 heavy (non-hydrogen) atoms. The predicted molar refractivity (Wildman–Crippen MR) is 57.4 cm³/mol. The minimum atomic E-state index is 0.345. The van der Waals surface area contributed by atoms with E-state index in [9.17, 15) is 0 Å². The predicted octanol–water partition coefficient (Wildman–Crippen LogP) is 0.604. The normalized spacial score (nSPS) is 10.1. The van der Waals surface area contributed by atoms with E-state index in [0.717, 1.165) is 5.56 Å². The SMILES string of the molecule is CN(C)Nc1ncccc1C(N)=S. The molecule has 0 saturated heterocycles. The lowest BCUT2D eigenvalue weighted by molar-refractivity contribution is 0.492. The Kier molecular flexibility index (Phi) is 3.16. The second kappa shape index (κ2) is 4.15. The van der Waals surface area contributed by atoms with Crippen molar-refractivity contribution < 1.29 is 0 Å². The van der Waals surface area contributed by atoms with Crippen molar-refractivity contribution in [3.8, 4) is 0 Å². The molecule has 0 fully saturated rings. The van der Waals surface area contributed by atoms with Gasteiger partial charge in [-0.15, -0.1) is 0 Å². The van der Waals surface area contributed by atoms with Crippen molar-refractivity contribution in [2.75, 3.05) is 19.5 Å². The summed E-state index contributed by atoms with van der Waals surface area (Å²) in [5.74, 6) is 0.681. The fourth-order valence-electron chi connectivity index (χ4n) is 0.905. The Morgan fingerprint density at radius 2 is 2.31 bits per heavy atom. The van der Waals surface area contributed by atoms with Gasteiger partial charge in [-0.05, 0) is 12.1 Å². The summed E-state index contributed by atoms with van der Waals surface area (Å²) < 4.78 is 0. The molecule has 0 aliphatic heterocycles. The van der Waals surface area contributed by atoms with Gasteiger partial charge in [0.1, 0.15) is 4.99 Å². The van der Waals surface area contributed by atoms with Gasteiger partial charge in [-0.3, -0.25) is 0 Å². The van der Waals surface area contributed by atoms with Gasteiger partial charge < -0.3 is 11.2 Å². The van der Waals surface area contributed by atoms with E-state index in [1.54, 1.807) is 17.3 Å². The first kappa shape index (κ1) is 9.88. The molecule has 0 aliphatic carbocycles. The highest BCUT2D eigenvalue weighted by Gasteiger charge is 2.04. The quantitative estimate of drug-likeness (QED) is 0.548. The largest absolute Gasteiger partial charge is 0.389 e. The highest BCUT2D eigenvalue weighted by molar-refractivity contribution is 7.80. The Labute approximate surface area is 82.7 Å². The van der Waals surface area contributed by atoms with Gasteiger partial charge in [0.25, 0.3) is 0 Å². The number of rotatable bonds is 3. The van der Waals surface area contributed by atoms with E-state index in [-0.39, 0.29) is 0 Å². The Balaban J connectivity index is 2.98. The molecule has 0 unspecified atom stereocenters. The lowest BCUT2D eigenvalue weighted by Crippen LogP contribution is -2.23.